The van der Waals surface area contributed by atoms with E-state index in [1.807, 2.05) is 0 Å². The van der Waals surface area contributed by atoms with Gasteiger partial charge < -0.3 is 25.0 Å². The van der Waals surface area contributed by atoms with Crippen molar-refractivity contribution >= 4 is 11.2 Å². The molecule has 4 N–H and O–H groups in total. The molecule has 1 unspecified atom stereocenters. The van der Waals surface area contributed by atoms with Crippen LogP contribution in [0.25, 0.3) is 11.2 Å². The number of ether oxygens (including phenoxy) is 1. The molecule has 1 fully saturated rings. The molecule has 1 saturated heterocycles. The third kappa shape index (κ3) is 1.75. The van der Waals surface area contributed by atoms with Gasteiger partial charge in [0.15, 0.2) is 17.4 Å². The van der Waals surface area contributed by atoms with Crippen LogP contribution in [0.1, 0.15) is 7.60 Å². The van der Waals surface area contributed by atoms with Gasteiger partial charge >= 0.3 is 0 Å². The smallest absolute Gasteiger partial charge is 0.278 e. The molecule has 3 rings (SSSR count). The Bertz CT molecular complexity index is 686. The topological polar surface area (TPSA) is 133 Å². The fourth-order valence-electron chi connectivity index (χ4n) is 2.09. The molecule has 0 saturated carbocycles. The lowest BCUT2D eigenvalue weighted by Gasteiger charge is -2.16. The van der Waals surface area contributed by atoms with Gasteiger partial charge in [-0.2, -0.15) is 0 Å². The normalized spacial score (nSPS) is 33.5. The number of aliphatic hydroxyl groups is 3. The highest BCUT2D eigenvalue weighted by molar-refractivity contribution is 5.68. The molecule has 102 valence electrons. The first-order chi connectivity index (χ1) is 9.50. The molecule has 0 amide bonds. The van der Waals surface area contributed by atoms with Crippen molar-refractivity contribution in [2.75, 3.05) is 6.58 Å². The summed E-state index contributed by atoms with van der Waals surface area (Å²) in [5.74, 6) is 0. The van der Waals surface area contributed by atoms with Crippen LogP contribution in [-0.4, -0.2) is 59.7 Å². The number of aromatic nitrogens is 4. The summed E-state index contributed by atoms with van der Waals surface area (Å²) in [6, 6.07) is 0. The second kappa shape index (κ2) is 4.38. The van der Waals surface area contributed by atoms with E-state index in [9.17, 15) is 20.1 Å². The van der Waals surface area contributed by atoms with Crippen LogP contribution in [0.4, 0.5) is 0 Å². The molecular formula is C10H12N4O5. The van der Waals surface area contributed by atoms with Crippen LogP contribution in [0.2, 0.25) is 0 Å². The van der Waals surface area contributed by atoms with Crippen molar-refractivity contribution in [2.45, 2.75) is 24.5 Å². The lowest BCUT2D eigenvalue weighted by Crippen LogP contribution is -2.33. The molecule has 0 spiro atoms. The lowest BCUT2D eigenvalue weighted by atomic mass is 10.1. The number of aromatic amines is 1. The first kappa shape index (κ1) is 11.1. The summed E-state index contributed by atoms with van der Waals surface area (Å²) in [7, 11) is 0. The Balaban J connectivity index is 2.04. The Morgan fingerprint density at radius 2 is 2.26 bits per heavy atom. The van der Waals surface area contributed by atoms with Crippen LogP contribution in [-0.2, 0) is 4.74 Å². The SMILES string of the molecule is [2H]C(O)[C@H]1O[C@@H](n2cnc3c(=O)[nH]cnc32)[C@H](O)[C@@H]1O. The summed E-state index contributed by atoms with van der Waals surface area (Å²) in [4.78, 5) is 21.7. The molecule has 5 atom stereocenters. The van der Waals surface area contributed by atoms with Gasteiger partial charge in [-0.15, -0.1) is 0 Å². The quantitative estimate of drug-likeness (QED) is 0.483. The highest BCUT2D eigenvalue weighted by atomic mass is 16.6. The van der Waals surface area contributed by atoms with Crippen LogP contribution in [0, 0.1) is 0 Å². The van der Waals surface area contributed by atoms with Crippen LogP contribution >= 0.6 is 0 Å². The molecule has 1 aliphatic heterocycles. The number of imidazole rings is 1. The average molecular weight is 269 g/mol. The maximum Gasteiger partial charge on any atom is 0.278 e. The minimum Gasteiger partial charge on any atom is -0.394 e. The number of hydrogen-bond donors (Lipinski definition) is 4. The number of rotatable bonds is 2. The predicted molar refractivity (Wildman–Crippen MR) is 61.2 cm³/mol. The Hall–Kier alpha value is -1.81. The summed E-state index contributed by atoms with van der Waals surface area (Å²) >= 11 is 0. The Morgan fingerprint density at radius 3 is 2.95 bits per heavy atom. The highest BCUT2D eigenvalue weighted by Gasteiger charge is 2.43. The zero-order chi connectivity index (χ0) is 14.4. The van der Waals surface area contributed by atoms with E-state index in [0.29, 0.717) is 0 Å². The zero-order valence-electron chi connectivity index (χ0n) is 10.5. The highest BCUT2D eigenvalue weighted by Crippen LogP contribution is 2.30. The van der Waals surface area contributed by atoms with Gasteiger partial charge in [0, 0.05) is 0 Å². The summed E-state index contributed by atoms with van der Waals surface area (Å²) in [5.41, 5.74) is -0.211. The van der Waals surface area contributed by atoms with E-state index in [2.05, 4.69) is 15.0 Å². The van der Waals surface area contributed by atoms with E-state index in [-0.39, 0.29) is 11.2 Å². The van der Waals surface area contributed by atoms with Crippen molar-refractivity contribution in [1.82, 2.24) is 19.5 Å². The van der Waals surface area contributed by atoms with Crippen LogP contribution < -0.4 is 5.56 Å². The maximum absolute atomic E-state index is 11.5. The van der Waals surface area contributed by atoms with Gasteiger partial charge in [-0.05, 0) is 0 Å². The van der Waals surface area contributed by atoms with Crippen molar-refractivity contribution in [1.29, 1.82) is 0 Å². The predicted octanol–water partition coefficient (Wildman–Crippen LogP) is -2.27. The Morgan fingerprint density at radius 1 is 1.47 bits per heavy atom. The summed E-state index contributed by atoms with van der Waals surface area (Å²) in [6.07, 6.45) is -2.72. The van der Waals surface area contributed by atoms with Gasteiger partial charge in [-0.1, -0.05) is 0 Å². The molecule has 9 heteroatoms. The van der Waals surface area contributed by atoms with Crippen LogP contribution in [0.15, 0.2) is 17.4 Å². The van der Waals surface area contributed by atoms with E-state index >= 15 is 0 Å². The molecule has 1 aliphatic rings. The summed E-state index contributed by atoms with van der Waals surface area (Å²) in [5, 5.41) is 28.9. The first-order valence-corrected chi connectivity index (χ1v) is 5.53. The molecule has 0 radical (unpaired) electrons. The summed E-state index contributed by atoms with van der Waals surface area (Å²) in [6.45, 7) is -1.70. The van der Waals surface area contributed by atoms with Crippen LogP contribution in [0.5, 0.6) is 0 Å². The monoisotopic (exact) mass is 269 g/mol. The largest absolute Gasteiger partial charge is 0.394 e. The van der Waals surface area contributed by atoms with E-state index in [1.165, 1.54) is 17.2 Å². The molecule has 19 heavy (non-hydrogen) atoms. The number of hydrogen-bond acceptors (Lipinski definition) is 7. The van der Waals surface area contributed by atoms with Gasteiger partial charge in [0.25, 0.3) is 5.56 Å². The second-order valence-corrected chi connectivity index (χ2v) is 4.18. The molecule has 2 aromatic heterocycles. The molecule has 0 aliphatic carbocycles. The van der Waals surface area contributed by atoms with Gasteiger partial charge in [0.2, 0.25) is 0 Å². The van der Waals surface area contributed by atoms with Gasteiger partial charge in [0.05, 0.1) is 20.6 Å². The molecule has 3 heterocycles. The molecular weight excluding hydrogens is 256 g/mol. The number of nitrogens with one attached hydrogen (secondary N) is 1. The number of aliphatic hydroxyl groups excluding tert-OH is 3. The third-order valence-electron chi connectivity index (χ3n) is 3.06. The first-order valence-electron chi connectivity index (χ1n) is 6.10. The third-order valence-corrected chi connectivity index (χ3v) is 3.06. The molecule has 0 bridgehead atoms. The Kier molecular flexibility index (Phi) is 2.55. The van der Waals surface area contributed by atoms with E-state index < -0.39 is 36.7 Å². The Labute approximate surface area is 107 Å². The van der Waals surface area contributed by atoms with Crippen molar-refractivity contribution in [3.8, 4) is 0 Å². The lowest BCUT2D eigenvalue weighted by molar-refractivity contribution is -0.0511. The van der Waals surface area contributed by atoms with Crippen molar-refractivity contribution in [3.63, 3.8) is 0 Å². The minimum atomic E-state index is -1.70. The van der Waals surface area contributed by atoms with Crippen molar-refractivity contribution < 1.29 is 21.4 Å². The molecule has 2 aromatic rings. The van der Waals surface area contributed by atoms with Gasteiger partial charge in [0.1, 0.15) is 18.3 Å². The van der Waals surface area contributed by atoms with Gasteiger partial charge in [-0.25, -0.2) is 9.97 Å². The second-order valence-electron chi connectivity index (χ2n) is 4.18. The standard InChI is InChI=1S/C10H12N4O5/c15-1-4-6(16)7(17)10(19-4)14-3-13-5-8(14)11-2-12-9(5)18/h2-4,6-7,10,15-17H,1H2,(H,11,12,18)/t4-,6-,7-,10-/m1/s1/i1D/t1?,4-,6-,7-,10-. The molecule has 0 aromatic carbocycles. The fraction of sp³-hybridized carbons (Fsp3) is 0.500. The number of fused-ring (bicyclic) bond motifs is 1. The van der Waals surface area contributed by atoms with Gasteiger partial charge in [-0.3, -0.25) is 9.36 Å². The zero-order valence-corrected chi connectivity index (χ0v) is 9.54. The van der Waals surface area contributed by atoms with Crippen molar-refractivity contribution in [3.05, 3.63) is 23.0 Å². The van der Waals surface area contributed by atoms with Crippen LogP contribution in [0.3, 0.4) is 0 Å². The number of H-pyrrole nitrogens is 1. The maximum atomic E-state index is 11.5. The number of nitrogens with zero attached hydrogens (tertiary/aromatic N) is 3. The van der Waals surface area contributed by atoms with E-state index in [4.69, 9.17) is 6.11 Å². The fourth-order valence-corrected chi connectivity index (χ4v) is 2.09. The average Bonchev–Trinajstić information content (AvgIpc) is 2.94. The molecule has 9 nitrogen and oxygen atoms in total. The van der Waals surface area contributed by atoms with E-state index in [1.54, 1.807) is 0 Å². The minimum absolute atomic E-state index is 0.0626. The van der Waals surface area contributed by atoms with Crippen molar-refractivity contribution in [2.24, 2.45) is 0 Å². The summed E-state index contributed by atoms with van der Waals surface area (Å²) < 4.78 is 13.7. The van der Waals surface area contributed by atoms with E-state index in [0.717, 1.165) is 0 Å².